The maximum Gasteiger partial charge on any atom is 0.159 e. The van der Waals surface area contributed by atoms with E-state index in [1.165, 1.54) is 53.9 Å². The van der Waals surface area contributed by atoms with E-state index in [4.69, 9.17) is 8.83 Å². The maximum atomic E-state index is 6.77. The molecule has 2 aliphatic carbocycles. The molecule has 1 spiro atoms. The fraction of sp³-hybridized carbons (Fsp3) is 0.0159. The summed E-state index contributed by atoms with van der Waals surface area (Å²) in [6, 6.07) is 83.5. The number of para-hydroxylation sites is 6. The summed E-state index contributed by atoms with van der Waals surface area (Å²) >= 11 is 1.93. The van der Waals surface area contributed by atoms with Crippen LogP contribution in [0, 0.1) is 0 Å². The highest BCUT2D eigenvalue weighted by Crippen LogP contribution is 2.67. The van der Waals surface area contributed by atoms with Crippen LogP contribution in [0.1, 0.15) is 21.6 Å². The molecule has 10 aromatic carbocycles. The molecule has 0 fully saturated rings. The first-order valence-corrected chi connectivity index (χ1v) is 24.0. The van der Waals surface area contributed by atoms with Gasteiger partial charge in [-0.05, 0) is 112 Å². The van der Waals surface area contributed by atoms with Gasteiger partial charge in [0, 0.05) is 64.8 Å². The van der Waals surface area contributed by atoms with Crippen molar-refractivity contribution in [2.24, 2.45) is 0 Å². The van der Waals surface area contributed by atoms with E-state index in [1.807, 2.05) is 23.5 Å². The molecule has 68 heavy (non-hydrogen) atoms. The molecule has 0 amide bonds. The highest BCUT2D eigenvalue weighted by atomic mass is 32.1. The number of fused-ring (bicyclic) bond motifs is 18. The molecule has 15 rings (SSSR count). The average molecular weight is 887 g/mol. The van der Waals surface area contributed by atoms with Crippen LogP contribution in [0.15, 0.2) is 239 Å². The van der Waals surface area contributed by atoms with Gasteiger partial charge in [-0.1, -0.05) is 152 Å². The SMILES string of the molecule is c1ccc(N(c2ccc3c(c2)C2(c4ccccc4-3)c3cc(N(c4ccccc4)c4cccc5c4oc4ccccc45)ccc3-c3c2sc2ccccc32)c2cccc3c2oc2ccccc23)cc1. The summed E-state index contributed by atoms with van der Waals surface area (Å²) in [6.45, 7) is 0. The third kappa shape index (κ3) is 5.08. The van der Waals surface area contributed by atoms with Crippen LogP contribution in [-0.4, -0.2) is 0 Å². The number of thiophene rings is 1. The standard InChI is InChI=1S/C63H38N2O2S/c1-3-17-39(18-4-1)64(54-28-15-25-47-45-22-8-12-30-56(45)66-60(47)54)41-33-35-44-43-21-7-11-27-51(43)63(52(44)37-41)53-38-42(34-36-49(53)59-50-24-10-14-32-58(50)68-62(59)63)65(40-19-5-2-6-20-40)55-29-16-26-48-46-23-9-13-31-57(46)67-61(48)55/h1-38H. The number of furan rings is 2. The Morgan fingerprint density at radius 1 is 0.338 bits per heavy atom. The van der Waals surface area contributed by atoms with Gasteiger partial charge >= 0.3 is 0 Å². The van der Waals surface area contributed by atoms with Gasteiger partial charge in [0.2, 0.25) is 0 Å². The molecule has 4 nitrogen and oxygen atoms in total. The van der Waals surface area contributed by atoms with Gasteiger partial charge in [0.05, 0.1) is 16.8 Å². The van der Waals surface area contributed by atoms with Gasteiger partial charge in [-0.2, -0.15) is 0 Å². The molecule has 0 radical (unpaired) electrons. The van der Waals surface area contributed by atoms with Crippen molar-refractivity contribution < 1.29 is 8.83 Å². The second-order valence-corrected chi connectivity index (χ2v) is 19.0. The van der Waals surface area contributed by atoms with E-state index in [-0.39, 0.29) is 0 Å². The lowest BCUT2D eigenvalue weighted by atomic mass is 9.73. The van der Waals surface area contributed by atoms with Crippen LogP contribution in [0.25, 0.3) is 76.2 Å². The van der Waals surface area contributed by atoms with E-state index in [0.717, 1.165) is 78.0 Å². The lowest BCUT2D eigenvalue weighted by Gasteiger charge is -2.32. The third-order valence-corrected chi connectivity index (χ3v) is 15.7. The number of hydrogen-bond acceptors (Lipinski definition) is 5. The number of rotatable bonds is 6. The molecule has 0 saturated heterocycles. The van der Waals surface area contributed by atoms with Crippen LogP contribution in [0.2, 0.25) is 0 Å². The van der Waals surface area contributed by atoms with Crippen molar-refractivity contribution in [3.8, 4) is 22.3 Å². The Kier molecular flexibility index (Phi) is 7.83. The second kappa shape index (κ2) is 14.2. The average Bonchev–Trinajstić information content (AvgIpc) is 4.20. The molecule has 0 bridgehead atoms. The van der Waals surface area contributed by atoms with Gasteiger partial charge in [0.1, 0.15) is 11.2 Å². The summed E-state index contributed by atoms with van der Waals surface area (Å²) in [7, 11) is 0. The maximum absolute atomic E-state index is 6.77. The topological polar surface area (TPSA) is 32.8 Å². The fourth-order valence-corrected chi connectivity index (χ4v) is 13.1. The molecular weight excluding hydrogens is 849 g/mol. The Morgan fingerprint density at radius 2 is 0.809 bits per heavy atom. The van der Waals surface area contributed by atoms with Gasteiger partial charge in [0.15, 0.2) is 11.2 Å². The Bertz CT molecular complexity index is 4180. The molecule has 3 heterocycles. The van der Waals surface area contributed by atoms with Gasteiger partial charge in [0.25, 0.3) is 0 Å². The van der Waals surface area contributed by atoms with Crippen LogP contribution >= 0.6 is 11.3 Å². The molecular formula is C63H38N2O2S. The first kappa shape index (κ1) is 37.6. The summed E-state index contributed by atoms with van der Waals surface area (Å²) in [5.41, 5.74) is 18.0. The molecule has 5 heteroatoms. The van der Waals surface area contributed by atoms with Crippen LogP contribution in [0.4, 0.5) is 34.1 Å². The lowest BCUT2D eigenvalue weighted by Crippen LogP contribution is -2.25. The van der Waals surface area contributed by atoms with E-state index in [1.54, 1.807) is 0 Å². The molecule has 0 N–H and O–H groups in total. The van der Waals surface area contributed by atoms with E-state index >= 15 is 0 Å². The van der Waals surface area contributed by atoms with Crippen molar-refractivity contribution in [2.75, 3.05) is 9.80 Å². The van der Waals surface area contributed by atoms with Gasteiger partial charge < -0.3 is 18.6 Å². The van der Waals surface area contributed by atoms with E-state index < -0.39 is 5.41 Å². The van der Waals surface area contributed by atoms with Gasteiger partial charge in [-0.3, -0.25) is 0 Å². The first-order valence-electron chi connectivity index (χ1n) is 23.2. The smallest absolute Gasteiger partial charge is 0.159 e. The van der Waals surface area contributed by atoms with Crippen molar-refractivity contribution >= 4 is 99.4 Å². The summed E-state index contributed by atoms with van der Waals surface area (Å²) in [5.74, 6) is 0. The Labute approximate surface area is 395 Å². The molecule has 13 aromatic rings. The zero-order chi connectivity index (χ0) is 44.5. The minimum atomic E-state index is -0.631. The second-order valence-electron chi connectivity index (χ2n) is 17.9. The monoisotopic (exact) mass is 886 g/mol. The summed E-state index contributed by atoms with van der Waals surface area (Å²) in [5, 5.41) is 5.69. The predicted octanol–water partition coefficient (Wildman–Crippen LogP) is 18.0. The van der Waals surface area contributed by atoms with Crippen molar-refractivity contribution in [3.63, 3.8) is 0 Å². The molecule has 0 aliphatic heterocycles. The third-order valence-electron chi connectivity index (χ3n) is 14.4. The Morgan fingerprint density at radius 3 is 1.43 bits per heavy atom. The number of hydrogen-bond donors (Lipinski definition) is 0. The Balaban J connectivity index is 1.02. The number of nitrogens with zero attached hydrogens (tertiary/aromatic N) is 2. The molecule has 1 atom stereocenters. The van der Waals surface area contributed by atoms with Crippen LogP contribution in [0.5, 0.6) is 0 Å². The largest absolute Gasteiger partial charge is 0.454 e. The highest BCUT2D eigenvalue weighted by molar-refractivity contribution is 7.20. The molecule has 2 aliphatic rings. The predicted molar refractivity (Wildman–Crippen MR) is 282 cm³/mol. The normalized spacial score (nSPS) is 14.5. The van der Waals surface area contributed by atoms with Crippen molar-refractivity contribution in [2.45, 2.75) is 5.41 Å². The molecule has 3 aromatic heterocycles. The minimum absolute atomic E-state index is 0.631. The molecule has 318 valence electrons. The molecule has 1 unspecified atom stereocenters. The van der Waals surface area contributed by atoms with Crippen molar-refractivity contribution in [1.82, 2.24) is 0 Å². The highest BCUT2D eigenvalue weighted by Gasteiger charge is 2.54. The summed E-state index contributed by atoms with van der Waals surface area (Å²) in [4.78, 5) is 6.11. The van der Waals surface area contributed by atoms with E-state index in [9.17, 15) is 0 Å². The van der Waals surface area contributed by atoms with Crippen LogP contribution < -0.4 is 9.80 Å². The lowest BCUT2D eigenvalue weighted by molar-refractivity contribution is 0.668. The van der Waals surface area contributed by atoms with E-state index in [2.05, 4.69) is 228 Å². The summed E-state index contributed by atoms with van der Waals surface area (Å²) in [6.07, 6.45) is 0. The zero-order valence-electron chi connectivity index (χ0n) is 36.6. The number of benzene rings is 10. The first-order chi connectivity index (χ1) is 33.7. The van der Waals surface area contributed by atoms with Crippen molar-refractivity contribution in [1.29, 1.82) is 0 Å². The van der Waals surface area contributed by atoms with Gasteiger partial charge in [-0.25, -0.2) is 0 Å². The Hall–Kier alpha value is -8.64. The van der Waals surface area contributed by atoms with Gasteiger partial charge in [-0.15, -0.1) is 11.3 Å². The summed E-state index contributed by atoms with van der Waals surface area (Å²) < 4.78 is 14.8. The fourth-order valence-electron chi connectivity index (χ4n) is 11.7. The van der Waals surface area contributed by atoms with Crippen LogP contribution in [-0.2, 0) is 5.41 Å². The minimum Gasteiger partial charge on any atom is -0.454 e. The quantitative estimate of drug-likeness (QED) is 0.167. The van der Waals surface area contributed by atoms with Crippen molar-refractivity contribution in [3.05, 3.63) is 252 Å². The zero-order valence-corrected chi connectivity index (χ0v) is 37.4. The van der Waals surface area contributed by atoms with E-state index in [0.29, 0.717) is 0 Å². The van der Waals surface area contributed by atoms with Crippen LogP contribution in [0.3, 0.4) is 0 Å². The molecule has 0 saturated carbocycles. The number of anilines is 6.